The largest absolute Gasteiger partial charge is 0.416 e. The van der Waals surface area contributed by atoms with Crippen LogP contribution in [0, 0.1) is 5.92 Å². The smallest absolute Gasteiger partial charge is 0.350 e. The summed E-state index contributed by atoms with van der Waals surface area (Å²) in [4.78, 5) is 13.8. The van der Waals surface area contributed by atoms with E-state index in [0.29, 0.717) is 41.2 Å². The number of nitrogens with two attached hydrogens (primary N) is 1. The zero-order valence-corrected chi connectivity index (χ0v) is 19.1. The van der Waals surface area contributed by atoms with Crippen molar-refractivity contribution in [3.05, 3.63) is 36.0 Å². The molecule has 10 heteroatoms. The van der Waals surface area contributed by atoms with Crippen molar-refractivity contribution in [3.63, 3.8) is 0 Å². The topological polar surface area (TPSA) is 93.7 Å². The van der Waals surface area contributed by atoms with Gasteiger partial charge in [0.05, 0.1) is 11.8 Å². The molecule has 0 radical (unpaired) electrons. The molecule has 0 atom stereocenters. The molecule has 1 aliphatic rings. The Hall–Kier alpha value is -2.88. The third kappa shape index (κ3) is 5.38. The molecule has 1 fully saturated rings. The number of benzene rings is 1. The number of hydrogen-bond acceptors (Lipinski definition) is 6. The van der Waals surface area contributed by atoms with Crippen molar-refractivity contribution in [2.45, 2.75) is 64.2 Å². The molecule has 2 aromatic heterocycles. The number of nitrogens with zero attached hydrogens (tertiary/aromatic N) is 4. The minimum absolute atomic E-state index is 0.159. The van der Waals surface area contributed by atoms with Gasteiger partial charge in [-0.05, 0) is 83.2 Å². The number of fused-ring (bicyclic) bond motifs is 1. The molecule has 0 unspecified atom stereocenters. The molecule has 1 aromatic carbocycles. The Morgan fingerprint density at radius 2 is 1.70 bits per heavy atom. The van der Waals surface area contributed by atoms with Gasteiger partial charge in [-0.2, -0.15) is 18.2 Å². The van der Waals surface area contributed by atoms with E-state index in [-0.39, 0.29) is 11.6 Å². The van der Waals surface area contributed by atoms with Crippen molar-refractivity contribution in [2.24, 2.45) is 11.7 Å². The van der Waals surface area contributed by atoms with Crippen LogP contribution in [-0.4, -0.2) is 31.6 Å². The first kappa shape index (κ1) is 23.3. The number of halogens is 3. The molecule has 1 aliphatic carbocycles. The summed E-state index contributed by atoms with van der Waals surface area (Å²) >= 11 is 0. The Bertz CT molecular complexity index is 1090. The van der Waals surface area contributed by atoms with Crippen molar-refractivity contribution in [1.82, 2.24) is 19.5 Å². The van der Waals surface area contributed by atoms with E-state index in [9.17, 15) is 13.2 Å². The highest BCUT2D eigenvalue weighted by atomic mass is 19.4. The van der Waals surface area contributed by atoms with Crippen molar-refractivity contribution < 1.29 is 13.2 Å². The number of hydrogen-bond donors (Lipinski definition) is 3. The van der Waals surface area contributed by atoms with Gasteiger partial charge in [-0.3, -0.25) is 4.57 Å². The van der Waals surface area contributed by atoms with E-state index in [4.69, 9.17) is 10.7 Å². The molecule has 7 nitrogen and oxygen atoms in total. The van der Waals surface area contributed by atoms with Crippen LogP contribution >= 0.6 is 0 Å². The van der Waals surface area contributed by atoms with Gasteiger partial charge in [-0.25, -0.2) is 9.97 Å². The maximum atomic E-state index is 12.9. The van der Waals surface area contributed by atoms with Crippen LogP contribution < -0.4 is 16.4 Å². The molecule has 3 aromatic rings. The summed E-state index contributed by atoms with van der Waals surface area (Å²) in [5, 5.41) is 6.49. The molecule has 0 spiro atoms. The number of aromatic nitrogens is 4. The summed E-state index contributed by atoms with van der Waals surface area (Å²) in [6, 6.07) is 5.11. The van der Waals surface area contributed by atoms with E-state index in [1.165, 1.54) is 12.1 Å². The molecule has 2 heterocycles. The second kappa shape index (κ2) is 8.81. The molecule has 0 saturated heterocycles. The number of nitrogens with one attached hydrogen (secondary N) is 2. The van der Waals surface area contributed by atoms with Gasteiger partial charge in [0.1, 0.15) is 5.52 Å². The van der Waals surface area contributed by atoms with Crippen LogP contribution in [0.15, 0.2) is 30.5 Å². The summed E-state index contributed by atoms with van der Waals surface area (Å²) < 4.78 is 40.9. The SMILES string of the molecule is CC(C)(C)Nc1ncc2nc(Nc3ccc(C(F)(F)F)cc3)n([C@H]3CC[C@@H](CN)CC3)c2n1. The Kier molecular flexibility index (Phi) is 6.22. The maximum absolute atomic E-state index is 12.9. The van der Waals surface area contributed by atoms with E-state index < -0.39 is 11.7 Å². The van der Waals surface area contributed by atoms with Crippen molar-refractivity contribution in [2.75, 3.05) is 17.2 Å². The Labute approximate surface area is 191 Å². The minimum atomic E-state index is -4.38. The number of alkyl halides is 3. The molecule has 33 heavy (non-hydrogen) atoms. The first-order chi connectivity index (χ1) is 15.5. The van der Waals surface area contributed by atoms with Gasteiger partial charge in [-0.1, -0.05) is 0 Å². The second-order valence-electron chi connectivity index (χ2n) is 9.69. The van der Waals surface area contributed by atoms with E-state index >= 15 is 0 Å². The number of rotatable bonds is 5. The predicted octanol–water partition coefficient (Wildman–Crippen LogP) is 5.49. The standard InChI is InChI=1S/C23H30F3N7/c1-22(2,3)32-20-28-13-18-19(31-20)33(17-10-4-14(12-27)5-11-17)21(30-18)29-16-8-6-15(7-9-16)23(24,25)26/h6-9,13-14,17H,4-5,10-12,27H2,1-3H3,(H,29,30)(H,28,31,32)/t14-,17+. The second-order valence-corrected chi connectivity index (χ2v) is 9.69. The third-order valence-corrected chi connectivity index (χ3v) is 5.90. The van der Waals surface area contributed by atoms with Gasteiger partial charge in [0, 0.05) is 17.3 Å². The highest BCUT2D eigenvalue weighted by Crippen LogP contribution is 2.37. The lowest BCUT2D eigenvalue weighted by Gasteiger charge is -2.30. The third-order valence-electron chi connectivity index (χ3n) is 5.90. The average molecular weight is 462 g/mol. The Balaban J connectivity index is 1.71. The molecule has 178 valence electrons. The van der Waals surface area contributed by atoms with Gasteiger partial charge in [-0.15, -0.1) is 0 Å². The minimum Gasteiger partial charge on any atom is -0.350 e. The summed E-state index contributed by atoms with van der Waals surface area (Å²) in [6.07, 6.45) is 1.19. The first-order valence-corrected chi connectivity index (χ1v) is 11.2. The summed E-state index contributed by atoms with van der Waals surface area (Å²) in [7, 11) is 0. The number of anilines is 3. The Morgan fingerprint density at radius 1 is 1.03 bits per heavy atom. The van der Waals surface area contributed by atoms with E-state index in [1.807, 2.05) is 20.8 Å². The molecule has 1 saturated carbocycles. The van der Waals surface area contributed by atoms with Crippen LogP contribution in [0.3, 0.4) is 0 Å². The van der Waals surface area contributed by atoms with Crippen molar-refractivity contribution in [3.8, 4) is 0 Å². The van der Waals surface area contributed by atoms with Crippen LogP contribution in [0.1, 0.15) is 58.1 Å². The van der Waals surface area contributed by atoms with Gasteiger partial charge >= 0.3 is 6.18 Å². The molecular formula is C23H30F3N7. The van der Waals surface area contributed by atoms with E-state index in [1.54, 1.807) is 6.20 Å². The fourth-order valence-electron chi connectivity index (χ4n) is 4.23. The quantitative estimate of drug-likeness (QED) is 0.465. The molecule has 0 bridgehead atoms. The zero-order valence-electron chi connectivity index (χ0n) is 19.1. The fourth-order valence-corrected chi connectivity index (χ4v) is 4.23. The van der Waals surface area contributed by atoms with E-state index in [2.05, 4.69) is 25.2 Å². The van der Waals surface area contributed by atoms with Crippen molar-refractivity contribution >= 4 is 28.7 Å². The molecule has 4 rings (SSSR count). The van der Waals surface area contributed by atoms with Crippen LogP contribution in [0.5, 0.6) is 0 Å². The Morgan fingerprint density at radius 3 is 2.27 bits per heavy atom. The van der Waals surface area contributed by atoms with Gasteiger partial charge in [0.15, 0.2) is 5.65 Å². The van der Waals surface area contributed by atoms with Gasteiger partial charge in [0.25, 0.3) is 0 Å². The van der Waals surface area contributed by atoms with Crippen molar-refractivity contribution in [1.29, 1.82) is 0 Å². The lowest BCUT2D eigenvalue weighted by molar-refractivity contribution is -0.137. The highest BCUT2D eigenvalue weighted by Gasteiger charge is 2.30. The number of imidazole rings is 1. The van der Waals surface area contributed by atoms with Crippen LogP contribution in [-0.2, 0) is 6.18 Å². The lowest BCUT2D eigenvalue weighted by atomic mass is 9.86. The fraction of sp³-hybridized carbons (Fsp3) is 0.522. The molecule has 0 amide bonds. The zero-order chi connectivity index (χ0) is 23.8. The predicted molar refractivity (Wildman–Crippen MR) is 123 cm³/mol. The van der Waals surface area contributed by atoms with Crippen LogP contribution in [0.2, 0.25) is 0 Å². The first-order valence-electron chi connectivity index (χ1n) is 11.2. The van der Waals surface area contributed by atoms with E-state index in [0.717, 1.165) is 37.8 Å². The van der Waals surface area contributed by atoms with Gasteiger partial charge < -0.3 is 16.4 Å². The molecule has 0 aliphatic heterocycles. The summed E-state index contributed by atoms with van der Waals surface area (Å²) in [5.74, 6) is 1.56. The normalized spacial score (nSPS) is 19.6. The lowest BCUT2D eigenvalue weighted by Crippen LogP contribution is -2.27. The summed E-state index contributed by atoms with van der Waals surface area (Å²) in [6.45, 7) is 6.77. The monoisotopic (exact) mass is 461 g/mol. The highest BCUT2D eigenvalue weighted by molar-refractivity contribution is 5.76. The maximum Gasteiger partial charge on any atom is 0.416 e. The average Bonchev–Trinajstić information content (AvgIpc) is 3.09. The molecule has 4 N–H and O–H groups in total. The summed E-state index contributed by atoms with van der Waals surface area (Å²) in [5.41, 5.74) is 6.82. The molecular weight excluding hydrogens is 431 g/mol. The van der Waals surface area contributed by atoms with Crippen LogP contribution in [0.4, 0.5) is 30.8 Å². The van der Waals surface area contributed by atoms with Gasteiger partial charge in [0.2, 0.25) is 11.9 Å². The van der Waals surface area contributed by atoms with Crippen LogP contribution in [0.25, 0.3) is 11.2 Å².